The first-order valence-corrected chi connectivity index (χ1v) is 7.41. The van der Waals surface area contributed by atoms with Gasteiger partial charge < -0.3 is 14.5 Å². The van der Waals surface area contributed by atoms with Crippen molar-refractivity contribution >= 4 is 40.1 Å². The lowest BCUT2D eigenvalue weighted by Gasteiger charge is -2.10. The molecule has 2 rings (SSSR count). The number of rotatable bonds is 5. The Labute approximate surface area is 135 Å². The fourth-order valence-electron chi connectivity index (χ4n) is 1.72. The molecule has 0 bridgehead atoms. The normalized spacial score (nSPS) is 10.3. The molecule has 2 aromatic rings. The van der Waals surface area contributed by atoms with Crippen molar-refractivity contribution in [1.82, 2.24) is 5.32 Å². The van der Waals surface area contributed by atoms with Gasteiger partial charge >= 0.3 is 0 Å². The summed E-state index contributed by atoms with van der Waals surface area (Å²) in [4.78, 5) is 12.1. The zero-order valence-corrected chi connectivity index (χ0v) is 13.7. The van der Waals surface area contributed by atoms with Gasteiger partial charge in [-0.05, 0) is 46.9 Å². The predicted molar refractivity (Wildman–Crippen MR) is 85.5 cm³/mol. The number of carbonyl (C=O) groups is 1. The number of ether oxygens (including phenoxy) is 1. The molecule has 0 spiro atoms. The average Bonchev–Trinajstić information content (AvgIpc) is 2.94. The Morgan fingerprint density at radius 1 is 1.50 bits per heavy atom. The average molecular weight is 406 g/mol. The second-order valence-corrected chi connectivity index (χ2v) is 5.62. The van der Waals surface area contributed by atoms with Gasteiger partial charge in [0, 0.05) is 16.5 Å². The van der Waals surface area contributed by atoms with Crippen LogP contribution in [0.3, 0.4) is 0 Å². The zero-order valence-electron chi connectivity index (χ0n) is 10.8. The molecule has 20 heavy (non-hydrogen) atoms. The molecule has 106 valence electrons. The molecule has 1 amide bonds. The molecule has 4 nitrogen and oxygen atoms in total. The highest BCUT2D eigenvalue weighted by atomic mass is 127. The predicted octanol–water partition coefficient (Wildman–Crippen LogP) is 3.52. The number of methoxy groups -OCH3 is 1. The van der Waals surface area contributed by atoms with Crippen molar-refractivity contribution in [1.29, 1.82) is 0 Å². The zero-order chi connectivity index (χ0) is 14.5. The van der Waals surface area contributed by atoms with Crippen molar-refractivity contribution in [2.24, 2.45) is 0 Å². The Bertz CT molecular complexity index is 599. The molecule has 1 heterocycles. The number of halogens is 2. The first-order valence-electron chi connectivity index (χ1n) is 5.95. The fraction of sp³-hybridized carbons (Fsp3) is 0.214. The first kappa shape index (κ1) is 15.2. The topological polar surface area (TPSA) is 51.5 Å². The maximum absolute atomic E-state index is 12.1. The molecule has 1 N–H and O–H groups in total. The first-order chi connectivity index (χ1) is 9.61. The lowest BCUT2D eigenvalue weighted by molar-refractivity contribution is 0.0950. The molecule has 0 fully saturated rings. The molecule has 0 aliphatic heterocycles. The molecular formula is C14H13ClINO3. The van der Waals surface area contributed by atoms with Gasteiger partial charge in [0.05, 0.1) is 24.0 Å². The van der Waals surface area contributed by atoms with E-state index in [-0.39, 0.29) is 5.91 Å². The van der Waals surface area contributed by atoms with Gasteiger partial charge in [-0.25, -0.2) is 0 Å². The van der Waals surface area contributed by atoms with Crippen LogP contribution in [-0.2, 0) is 6.42 Å². The second kappa shape index (κ2) is 6.99. The summed E-state index contributed by atoms with van der Waals surface area (Å²) in [6.07, 6.45) is 2.25. The maximum atomic E-state index is 12.1. The maximum Gasteiger partial charge on any atom is 0.255 e. The van der Waals surface area contributed by atoms with Crippen LogP contribution in [0.2, 0.25) is 5.02 Å². The standard InChI is InChI=1S/C14H13ClINO3/c1-19-13-8-12(16)11(15)7-10(13)14(18)17-5-4-9-3-2-6-20-9/h2-3,6-8H,4-5H2,1H3,(H,17,18). The van der Waals surface area contributed by atoms with E-state index in [4.69, 9.17) is 20.8 Å². The van der Waals surface area contributed by atoms with Gasteiger partial charge in [-0.15, -0.1) is 0 Å². The van der Waals surface area contributed by atoms with E-state index in [1.807, 2.05) is 12.1 Å². The summed E-state index contributed by atoms with van der Waals surface area (Å²) >= 11 is 8.14. The summed E-state index contributed by atoms with van der Waals surface area (Å²) in [5, 5.41) is 3.35. The summed E-state index contributed by atoms with van der Waals surface area (Å²) < 4.78 is 11.3. The fourth-order valence-corrected chi connectivity index (χ4v) is 2.33. The Balaban J connectivity index is 2.03. The largest absolute Gasteiger partial charge is 0.496 e. The van der Waals surface area contributed by atoms with E-state index >= 15 is 0 Å². The summed E-state index contributed by atoms with van der Waals surface area (Å²) in [6.45, 7) is 0.485. The monoisotopic (exact) mass is 405 g/mol. The summed E-state index contributed by atoms with van der Waals surface area (Å²) in [5.74, 6) is 1.12. The summed E-state index contributed by atoms with van der Waals surface area (Å²) in [7, 11) is 1.53. The smallest absolute Gasteiger partial charge is 0.255 e. The molecule has 0 saturated carbocycles. The molecule has 1 aromatic heterocycles. The van der Waals surface area contributed by atoms with Gasteiger partial charge in [-0.3, -0.25) is 4.79 Å². The lowest BCUT2D eigenvalue weighted by atomic mass is 10.2. The van der Waals surface area contributed by atoms with Gasteiger partial charge in [0.15, 0.2) is 0 Å². The van der Waals surface area contributed by atoms with Crippen LogP contribution >= 0.6 is 34.2 Å². The summed E-state index contributed by atoms with van der Waals surface area (Å²) in [6, 6.07) is 7.04. The van der Waals surface area contributed by atoms with Crippen molar-refractivity contribution in [3.8, 4) is 5.75 Å². The van der Waals surface area contributed by atoms with Gasteiger partial charge in [-0.2, -0.15) is 0 Å². The number of furan rings is 1. The van der Waals surface area contributed by atoms with Crippen LogP contribution < -0.4 is 10.1 Å². The van der Waals surface area contributed by atoms with Crippen molar-refractivity contribution in [2.45, 2.75) is 6.42 Å². The number of nitrogens with one attached hydrogen (secondary N) is 1. The minimum Gasteiger partial charge on any atom is -0.496 e. The molecule has 0 radical (unpaired) electrons. The number of hydrogen-bond acceptors (Lipinski definition) is 3. The molecule has 0 aliphatic rings. The number of amides is 1. The van der Waals surface area contributed by atoms with Crippen molar-refractivity contribution in [3.05, 3.63) is 50.4 Å². The van der Waals surface area contributed by atoms with Gasteiger partial charge in [0.2, 0.25) is 0 Å². The van der Waals surface area contributed by atoms with Gasteiger partial charge in [-0.1, -0.05) is 11.6 Å². The third-order valence-electron chi connectivity index (χ3n) is 2.72. The van der Waals surface area contributed by atoms with Crippen LogP contribution in [0.4, 0.5) is 0 Å². The number of benzene rings is 1. The van der Waals surface area contributed by atoms with E-state index in [0.717, 1.165) is 9.33 Å². The van der Waals surface area contributed by atoms with Gasteiger partial charge in [0.25, 0.3) is 5.91 Å². The minimum atomic E-state index is -0.216. The van der Waals surface area contributed by atoms with Crippen molar-refractivity contribution in [2.75, 3.05) is 13.7 Å². The van der Waals surface area contributed by atoms with E-state index in [1.54, 1.807) is 18.4 Å². The van der Waals surface area contributed by atoms with Crippen LogP contribution in [-0.4, -0.2) is 19.6 Å². The van der Waals surface area contributed by atoms with Crippen molar-refractivity contribution in [3.63, 3.8) is 0 Å². The summed E-state index contributed by atoms with van der Waals surface area (Å²) in [5.41, 5.74) is 0.428. The minimum absolute atomic E-state index is 0.216. The quantitative estimate of drug-likeness (QED) is 0.775. The third-order valence-corrected chi connectivity index (χ3v) is 4.25. The highest BCUT2D eigenvalue weighted by Gasteiger charge is 2.14. The van der Waals surface area contributed by atoms with E-state index in [0.29, 0.717) is 29.3 Å². The second-order valence-electron chi connectivity index (χ2n) is 4.05. The Hall–Kier alpha value is -1.21. The van der Waals surface area contributed by atoms with Crippen LogP contribution in [0, 0.1) is 3.57 Å². The molecule has 6 heteroatoms. The van der Waals surface area contributed by atoms with Crippen LogP contribution in [0.5, 0.6) is 5.75 Å². The SMILES string of the molecule is COc1cc(I)c(Cl)cc1C(=O)NCCc1ccco1. The third kappa shape index (κ3) is 3.67. The Morgan fingerprint density at radius 2 is 2.30 bits per heavy atom. The van der Waals surface area contributed by atoms with E-state index in [2.05, 4.69) is 27.9 Å². The number of hydrogen-bond donors (Lipinski definition) is 1. The van der Waals surface area contributed by atoms with Crippen LogP contribution in [0.25, 0.3) is 0 Å². The Morgan fingerprint density at radius 3 is 2.95 bits per heavy atom. The molecular weight excluding hydrogens is 393 g/mol. The molecule has 0 unspecified atom stereocenters. The lowest BCUT2D eigenvalue weighted by Crippen LogP contribution is -2.26. The molecule has 0 atom stereocenters. The number of carbonyl (C=O) groups excluding carboxylic acids is 1. The molecule has 1 aromatic carbocycles. The van der Waals surface area contributed by atoms with Crippen LogP contribution in [0.15, 0.2) is 34.9 Å². The van der Waals surface area contributed by atoms with Crippen LogP contribution in [0.1, 0.15) is 16.1 Å². The van der Waals surface area contributed by atoms with Crippen molar-refractivity contribution < 1.29 is 13.9 Å². The highest BCUT2D eigenvalue weighted by molar-refractivity contribution is 14.1. The van der Waals surface area contributed by atoms with E-state index < -0.39 is 0 Å². The van der Waals surface area contributed by atoms with Gasteiger partial charge in [0.1, 0.15) is 11.5 Å². The highest BCUT2D eigenvalue weighted by Crippen LogP contribution is 2.28. The molecule has 0 saturated heterocycles. The van der Waals surface area contributed by atoms with E-state index in [9.17, 15) is 4.79 Å². The van der Waals surface area contributed by atoms with E-state index in [1.165, 1.54) is 7.11 Å². The Kier molecular flexibility index (Phi) is 5.31. The molecule has 0 aliphatic carbocycles.